The van der Waals surface area contributed by atoms with Gasteiger partial charge in [-0.3, -0.25) is 4.57 Å². The first-order chi connectivity index (χ1) is 7.35. The highest BCUT2D eigenvalue weighted by Crippen LogP contribution is 2.30. The summed E-state index contributed by atoms with van der Waals surface area (Å²) < 4.78 is 14.5. The standard InChI is InChI=1S/C7H16NO7P/c9-2-4-1-8-5(7(11)6(4)10)3-15-16(12,13)14/h4-11H,1-3H2,(H2,12,13,14)/t4-,5-,6-,7-/m1/s1. The van der Waals surface area contributed by atoms with Crippen LogP contribution in [0.15, 0.2) is 0 Å². The van der Waals surface area contributed by atoms with Crippen LogP contribution >= 0.6 is 7.82 Å². The Kier molecular flexibility index (Phi) is 4.84. The maximum Gasteiger partial charge on any atom is 0.265 e. The van der Waals surface area contributed by atoms with Gasteiger partial charge in [0.2, 0.25) is 0 Å². The van der Waals surface area contributed by atoms with Crippen molar-refractivity contribution in [1.29, 1.82) is 0 Å². The molecule has 0 aliphatic carbocycles. The van der Waals surface area contributed by atoms with E-state index < -0.39 is 38.6 Å². The molecule has 1 rings (SSSR count). The molecule has 0 aromatic rings. The van der Waals surface area contributed by atoms with E-state index in [2.05, 4.69) is 4.52 Å². The Morgan fingerprint density at radius 1 is 1.44 bits per heavy atom. The number of aliphatic hydroxyl groups is 3. The summed E-state index contributed by atoms with van der Waals surface area (Å²) >= 11 is 0. The number of nitrogens with two attached hydrogens (primary N) is 1. The van der Waals surface area contributed by atoms with Gasteiger partial charge in [0, 0.05) is 0 Å². The molecule has 1 heterocycles. The lowest BCUT2D eigenvalue weighted by Gasteiger charge is -2.35. The molecule has 0 aromatic heterocycles. The Morgan fingerprint density at radius 2 is 2.06 bits per heavy atom. The molecule has 0 bridgehead atoms. The predicted molar refractivity (Wildman–Crippen MR) is 48.9 cm³/mol. The van der Waals surface area contributed by atoms with Gasteiger partial charge in [0.05, 0.1) is 25.2 Å². The van der Waals surface area contributed by atoms with E-state index in [9.17, 15) is 19.7 Å². The van der Waals surface area contributed by atoms with Gasteiger partial charge in [-0.1, -0.05) is 0 Å². The van der Waals surface area contributed by atoms with Gasteiger partial charge in [-0.25, -0.2) is 0 Å². The van der Waals surface area contributed by atoms with Crippen LogP contribution in [0.5, 0.6) is 0 Å². The molecule has 16 heavy (non-hydrogen) atoms. The molecule has 6 N–H and O–H groups in total. The minimum Gasteiger partial charge on any atom is -0.756 e. The van der Waals surface area contributed by atoms with E-state index in [0.717, 1.165) is 0 Å². The van der Waals surface area contributed by atoms with E-state index in [1.54, 1.807) is 5.32 Å². The maximum absolute atomic E-state index is 10.3. The lowest BCUT2D eigenvalue weighted by atomic mass is 9.90. The molecule has 9 heteroatoms. The molecule has 1 saturated heterocycles. The molecule has 0 amide bonds. The molecule has 8 nitrogen and oxygen atoms in total. The van der Waals surface area contributed by atoms with Crippen LogP contribution < -0.4 is 10.2 Å². The number of phosphoric ester groups is 1. The molecule has 1 aliphatic heterocycles. The van der Waals surface area contributed by atoms with Gasteiger partial charge in [0.25, 0.3) is 7.82 Å². The number of piperidine rings is 1. The zero-order chi connectivity index (χ0) is 12.3. The first kappa shape index (κ1) is 14.0. The molecule has 96 valence electrons. The number of quaternary nitrogens is 1. The van der Waals surface area contributed by atoms with Crippen molar-refractivity contribution in [2.75, 3.05) is 19.8 Å². The zero-order valence-corrected chi connectivity index (χ0v) is 9.36. The van der Waals surface area contributed by atoms with E-state index in [4.69, 9.17) is 10.00 Å². The van der Waals surface area contributed by atoms with Crippen LogP contribution in [0, 0.1) is 5.92 Å². The third-order valence-corrected chi connectivity index (χ3v) is 3.15. The molecule has 0 saturated carbocycles. The van der Waals surface area contributed by atoms with E-state index in [-0.39, 0.29) is 6.61 Å². The van der Waals surface area contributed by atoms with Crippen molar-refractivity contribution >= 4 is 7.82 Å². The number of aliphatic hydroxyl groups excluding tert-OH is 3. The largest absolute Gasteiger partial charge is 0.756 e. The van der Waals surface area contributed by atoms with Crippen molar-refractivity contribution in [2.45, 2.75) is 18.2 Å². The zero-order valence-electron chi connectivity index (χ0n) is 8.47. The third kappa shape index (κ3) is 3.76. The smallest absolute Gasteiger partial charge is 0.265 e. The van der Waals surface area contributed by atoms with Gasteiger partial charge < -0.3 is 34.9 Å². The van der Waals surface area contributed by atoms with Gasteiger partial charge in [-0.05, 0) is 0 Å². The second-order valence-electron chi connectivity index (χ2n) is 3.82. The average Bonchev–Trinajstić information content (AvgIpc) is 2.19. The van der Waals surface area contributed by atoms with Gasteiger partial charge in [0.1, 0.15) is 18.8 Å². The minimum absolute atomic E-state index is 0.262. The number of phosphoric acid groups is 1. The Balaban J connectivity index is 2.48. The lowest BCUT2D eigenvalue weighted by molar-refractivity contribution is -0.716. The monoisotopic (exact) mass is 257 g/mol. The predicted octanol–water partition coefficient (Wildman–Crippen LogP) is -4.26. The Bertz CT molecular complexity index is 269. The highest BCUT2D eigenvalue weighted by Gasteiger charge is 2.40. The molecule has 0 aromatic carbocycles. The normalized spacial score (nSPS) is 39.3. The summed E-state index contributed by atoms with van der Waals surface area (Å²) in [6.45, 7) is -0.340. The molecular weight excluding hydrogens is 241 g/mol. The van der Waals surface area contributed by atoms with Crippen LogP contribution in [0.1, 0.15) is 0 Å². The summed E-state index contributed by atoms with van der Waals surface area (Å²) in [6, 6.07) is -0.688. The van der Waals surface area contributed by atoms with Crippen LogP contribution in [0.2, 0.25) is 0 Å². The fourth-order valence-corrected chi connectivity index (χ4v) is 2.05. The summed E-state index contributed by atoms with van der Waals surface area (Å²) in [5.74, 6) is -0.459. The summed E-state index contributed by atoms with van der Waals surface area (Å²) in [6.07, 6.45) is -2.34. The quantitative estimate of drug-likeness (QED) is 0.320. The summed E-state index contributed by atoms with van der Waals surface area (Å²) in [5, 5.41) is 29.6. The maximum atomic E-state index is 10.3. The van der Waals surface area contributed by atoms with E-state index >= 15 is 0 Å². The average molecular weight is 257 g/mol. The second-order valence-corrected chi connectivity index (χ2v) is 5.02. The third-order valence-electron chi connectivity index (χ3n) is 2.68. The van der Waals surface area contributed by atoms with E-state index in [1.165, 1.54) is 0 Å². The van der Waals surface area contributed by atoms with Gasteiger partial charge in [-0.2, -0.15) is 0 Å². The Morgan fingerprint density at radius 3 is 2.56 bits per heavy atom. The van der Waals surface area contributed by atoms with Crippen LogP contribution in [0.4, 0.5) is 0 Å². The molecule has 5 atom stereocenters. The minimum atomic E-state index is -4.81. The molecule has 0 spiro atoms. The first-order valence-electron chi connectivity index (χ1n) is 4.84. The van der Waals surface area contributed by atoms with Crippen LogP contribution in [0.25, 0.3) is 0 Å². The number of hydrogen-bond donors (Lipinski definition) is 5. The fraction of sp³-hybridized carbons (Fsp3) is 1.00. The highest BCUT2D eigenvalue weighted by molar-refractivity contribution is 7.44. The van der Waals surface area contributed by atoms with Crippen molar-refractivity contribution in [3.63, 3.8) is 0 Å². The Labute approximate surface area is 92.1 Å². The van der Waals surface area contributed by atoms with Crippen LogP contribution in [-0.2, 0) is 9.09 Å². The van der Waals surface area contributed by atoms with Crippen molar-refractivity contribution in [3.05, 3.63) is 0 Å². The summed E-state index contributed by atoms with van der Waals surface area (Å²) in [4.78, 5) is 18.7. The van der Waals surface area contributed by atoms with Crippen molar-refractivity contribution in [1.82, 2.24) is 0 Å². The highest BCUT2D eigenvalue weighted by atomic mass is 31.2. The van der Waals surface area contributed by atoms with Crippen molar-refractivity contribution < 1.29 is 39.5 Å². The number of hydrogen-bond acceptors (Lipinski definition) is 6. The van der Waals surface area contributed by atoms with E-state index in [1.807, 2.05) is 0 Å². The fourth-order valence-electron chi connectivity index (χ4n) is 1.69. The Hall–Kier alpha value is -0.0500. The molecular formula is C7H16NO7P. The van der Waals surface area contributed by atoms with Gasteiger partial charge >= 0.3 is 0 Å². The van der Waals surface area contributed by atoms with Crippen LogP contribution in [0.3, 0.4) is 0 Å². The first-order valence-corrected chi connectivity index (χ1v) is 6.33. The molecule has 1 fully saturated rings. The van der Waals surface area contributed by atoms with Gasteiger partial charge in [0.15, 0.2) is 0 Å². The van der Waals surface area contributed by atoms with Crippen molar-refractivity contribution in [2.24, 2.45) is 5.92 Å². The van der Waals surface area contributed by atoms with Crippen LogP contribution in [-0.4, -0.2) is 58.2 Å². The topological polar surface area (TPSA) is 147 Å². The summed E-state index contributed by atoms with van der Waals surface area (Å²) in [7, 11) is -4.81. The second kappa shape index (κ2) is 5.52. The SMILES string of the molecule is O=P([O-])(O)OC[C@H]1[NH2+]C[C@H](CO)[C@@H](O)[C@@H]1O. The molecule has 0 radical (unpaired) electrons. The number of rotatable bonds is 4. The molecule has 1 aliphatic rings. The van der Waals surface area contributed by atoms with E-state index in [0.29, 0.717) is 6.54 Å². The summed E-state index contributed by atoms with van der Waals surface area (Å²) in [5.41, 5.74) is 0. The lowest BCUT2D eigenvalue weighted by Crippen LogP contribution is -2.98. The van der Waals surface area contributed by atoms with Gasteiger partial charge in [-0.15, -0.1) is 0 Å². The van der Waals surface area contributed by atoms with Crippen molar-refractivity contribution in [3.8, 4) is 0 Å². The molecule has 1 unspecified atom stereocenters.